The van der Waals surface area contributed by atoms with Crippen LogP contribution in [0.15, 0.2) is 18.2 Å². The lowest BCUT2D eigenvalue weighted by atomic mass is 9.92. The van der Waals surface area contributed by atoms with Crippen molar-refractivity contribution in [1.29, 1.82) is 0 Å². The van der Waals surface area contributed by atoms with Crippen LogP contribution in [0, 0.1) is 0 Å². The first kappa shape index (κ1) is 21.5. The standard InChI is InChI=1S/C17H28N2O3.ClH/c1-5-17(6-2,12-18)19-16(20)10-8-13-7-9-14(21-3)15(11-13)22-4;/h7,9,11H,5-6,8,10,12,18H2,1-4H3,(H,19,20);1H. The van der Waals surface area contributed by atoms with Gasteiger partial charge in [-0.05, 0) is 37.0 Å². The van der Waals surface area contributed by atoms with E-state index in [1.165, 1.54) is 0 Å². The molecule has 0 aromatic heterocycles. The van der Waals surface area contributed by atoms with Crippen molar-refractivity contribution in [3.63, 3.8) is 0 Å². The van der Waals surface area contributed by atoms with E-state index in [9.17, 15) is 4.79 Å². The Morgan fingerprint density at radius 1 is 1.17 bits per heavy atom. The molecule has 0 fully saturated rings. The summed E-state index contributed by atoms with van der Waals surface area (Å²) < 4.78 is 10.5. The summed E-state index contributed by atoms with van der Waals surface area (Å²) in [4.78, 5) is 12.2. The number of carbonyl (C=O) groups is 1. The lowest BCUT2D eigenvalue weighted by molar-refractivity contribution is -0.123. The maximum atomic E-state index is 12.2. The lowest BCUT2D eigenvalue weighted by Gasteiger charge is -2.31. The zero-order chi connectivity index (χ0) is 16.6. The Morgan fingerprint density at radius 2 is 1.78 bits per heavy atom. The zero-order valence-corrected chi connectivity index (χ0v) is 15.3. The van der Waals surface area contributed by atoms with Gasteiger partial charge in [0.05, 0.1) is 19.8 Å². The van der Waals surface area contributed by atoms with Crippen LogP contribution in [0.25, 0.3) is 0 Å². The van der Waals surface area contributed by atoms with Crippen molar-refractivity contribution in [2.45, 2.75) is 45.1 Å². The maximum absolute atomic E-state index is 12.2. The van der Waals surface area contributed by atoms with Gasteiger partial charge in [0.1, 0.15) is 0 Å². The van der Waals surface area contributed by atoms with Crippen molar-refractivity contribution in [1.82, 2.24) is 5.32 Å². The number of carbonyl (C=O) groups excluding carboxylic acids is 1. The highest BCUT2D eigenvalue weighted by atomic mass is 35.5. The van der Waals surface area contributed by atoms with Gasteiger partial charge in [-0.3, -0.25) is 4.79 Å². The molecule has 0 heterocycles. The first-order valence-corrected chi connectivity index (χ1v) is 7.76. The number of hydrogen-bond acceptors (Lipinski definition) is 4. The summed E-state index contributed by atoms with van der Waals surface area (Å²) in [7, 11) is 3.21. The highest BCUT2D eigenvalue weighted by molar-refractivity contribution is 5.85. The van der Waals surface area contributed by atoms with Crippen LogP contribution >= 0.6 is 12.4 Å². The van der Waals surface area contributed by atoms with Crippen molar-refractivity contribution in [3.05, 3.63) is 23.8 Å². The fourth-order valence-corrected chi connectivity index (χ4v) is 2.42. The third-order valence-corrected chi connectivity index (χ3v) is 4.24. The van der Waals surface area contributed by atoms with Crippen LogP contribution < -0.4 is 20.5 Å². The van der Waals surface area contributed by atoms with Gasteiger partial charge in [-0.2, -0.15) is 0 Å². The minimum Gasteiger partial charge on any atom is -0.493 e. The number of halogens is 1. The van der Waals surface area contributed by atoms with Crippen LogP contribution in [-0.4, -0.2) is 32.2 Å². The predicted octanol–water partition coefficient (Wildman–Crippen LogP) is 2.69. The maximum Gasteiger partial charge on any atom is 0.220 e. The van der Waals surface area contributed by atoms with Crippen molar-refractivity contribution in [2.75, 3.05) is 20.8 Å². The average molecular weight is 345 g/mol. The van der Waals surface area contributed by atoms with Crippen molar-refractivity contribution in [2.24, 2.45) is 5.73 Å². The van der Waals surface area contributed by atoms with E-state index in [1.807, 2.05) is 32.0 Å². The minimum atomic E-state index is -0.283. The second-order valence-electron chi connectivity index (χ2n) is 5.43. The third-order valence-electron chi connectivity index (χ3n) is 4.24. The third kappa shape index (κ3) is 5.92. The molecular weight excluding hydrogens is 316 g/mol. The van der Waals surface area contributed by atoms with E-state index in [0.29, 0.717) is 30.9 Å². The Morgan fingerprint density at radius 3 is 2.26 bits per heavy atom. The Labute approximate surface area is 145 Å². The van der Waals surface area contributed by atoms with E-state index in [0.717, 1.165) is 18.4 Å². The molecule has 5 nitrogen and oxygen atoms in total. The predicted molar refractivity (Wildman–Crippen MR) is 95.6 cm³/mol. The Bertz CT molecular complexity index is 482. The van der Waals surface area contributed by atoms with Gasteiger partial charge in [0.15, 0.2) is 11.5 Å². The van der Waals surface area contributed by atoms with Gasteiger partial charge in [0, 0.05) is 13.0 Å². The number of hydrogen-bond donors (Lipinski definition) is 2. The minimum absolute atomic E-state index is 0. The summed E-state index contributed by atoms with van der Waals surface area (Å²) in [6.07, 6.45) is 2.75. The Balaban J connectivity index is 0.00000484. The number of amides is 1. The molecule has 132 valence electrons. The molecule has 1 aromatic rings. The number of methoxy groups -OCH3 is 2. The van der Waals surface area contributed by atoms with Gasteiger partial charge >= 0.3 is 0 Å². The van der Waals surface area contributed by atoms with E-state index >= 15 is 0 Å². The molecule has 0 saturated carbocycles. The van der Waals surface area contributed by atoms with Crippen LogP contribution in [0.2, 0.25) is 0 Å². The first-order chi connectivity index (χ1) is 10.5. The topological polar surface area (TPSA) is 73.6 Å². The smallest absolute Gasteiger partial charge is 0.220 e. The summed E-state index contributed by atoms with van der Waals surface area (Å²) in [6, 6.07) is 5.71. The quantitative estimate of drug-likeness (QED) is 0.722. The molecule has 0 bridgehead atoms. The van der Waals surface area contributed by atoms with Crippen LogP contribution in [0.4, 0.5) is 0 Å². The van der Waals surface area contributed by atoms with E-state index in [4.69, 9.17) is 15.2 Å². The van der Waals surface area contributed by atoms with Crippen LogP contribution in [0.3, 0.4) is 0 Å². The molecule has 0 aliphatic carbocycles. The molecule has 0 atom stereocenters. The summed E-state index contributed by atoms with van der Waals surface area (Å²) in [5, 5.41) is 3.08. The van der Waals surface area contributed by atoms with Crippen LogP contribution in [-0.2, 0) is 11.2 Å². The van der Waals surface area contributed by atoms with Gasteiger partial charge in [0.25, 0.3) is 0 Å². The lowest BCUT2D eigenvalue weighted by Crippen LogP contribution is -2.52. The van der Waals surface area contributed by atoms with Crippen molar-refractivity contribution in [3.8, 4) is 11.5 Å². The summed E-state index contributed by atoms with van der Waals surface area (Å²) in [5.74, 6) is 1.40. The fourth-order valence-electron chi connectivity index (χ4n) is 2.42. The van der Waals surface area contributed by atoms with Crippen LogP contribution in [0.5, 0.6) is 11.5 Å². The number of ether oxygens (including phenoxy) is 2. The molecule has 0 saturated heterocycles. The Kier molecular flexibility index (Phi) is 9.68. The van der Waals surface area contributed by atoms with Gasteiger partial charge in [-0.15, -0.1) is 12.4 Å². The van der Waals surface area contributed by atoms with Crippen molar-refractivity contribution >= 4 is 18.3 Å². The molecule has 0 spiro atoms. The number of rotatable bonds is 9. The molecule has 6 heteroatoms. The number of nitrogens with two attached hydrogens (primary N) is 1. The molecule has 0 radical (unpaired) electrons. The molecule has 0 unspecified atom stereocenters. The van der Waals surface area contributed by atoms with E-state index < -0.39 is 0 Å². The second kappa shape index (κ2) is 10.3. The number of benzene rings is 1. The van der Waals surface area contributed by atoms with E-state index in [2.05, 4.69) is 5.32 Å². The van der Waals surface area contributed by atoms with Gasteiger partial charge in [-0.25, -0.2) is 0 Å². The first-order valence-electron chi connectivity index (χ1n) is 7.76. The SMILES string of the molecule is CCC(CC)(CN)NC(=O)CCc1ccc(OC)c(OC)c1.Cl. The summed E-state index contributed by atoms with van der Waals surface area (Å²) in [5.41, 5.74) is 6.57. The average Bonchev–Trinajstić information content (AvgIpc) is 2.57. The molecule has 0 aliphatic rings. The second-order valence-corrected chi connectivity index (χ2v) is 5.43. The normalized spacial score (nSPS) is 10.7. The molecule has 1 rings (SSSR count). The van der Waals surface area contributed by atoms with Gasteiger partial charge in [0.2, 0.25) is 5.91 Å². The molecule has 23 heavy (non-hydrogen) atoms. The van der Waals surface area contributed by atoms with Gasteiger partial charge < -0.3 is 20.5 Å². The molecule has 1 aromatic carbocycles. The monoisotopic (exact) mass is 344 g/mol. The van der Waals surface area contributed by atoms with E-state index in [1.54, 1.807) is 14.2 Å². The van der Waals surface area contributed by atoms with Crippen LogP contribution in [0.1, 0.15) is 38.7 Å². The Hall–Kier alpha value is -1.46. The number of aryl methyl sites for hydroxylation is 1. The summed E-state index contributed by atoms with van der Waals surface area (Å²) >= 11 is 0. The zero-order valence-electron chi connectivity index (χ0n) is 14.5. The summed E-state index contributed by atoms with van der Waals surface area (Å²) in [6.45, 7) is 4.55. The van der Waals surface area contributed by atoms with Gasteiger partial charge in [-0.1, -0.05) is 19.9 Å². The highest BCUT2D eigenvalue weighted by Gasteiger charge is 2.25. The molecule has 1 amide bonds. The van der Waals surface area contributed by atoms with Crippen molar-refractivity contribution < 1.29 is 14.3 Å². The van der Waals surface area contributed by atoms with E-state index in [-0.39, 0.29) is 23.9 Å². The molecule has 0 aliphatic heterocycles. The number of nitrogens with one attached hydrogen (secondary N) is 1. The highest BCUT2D eigenvalue weighted by Crippen LogP contribution is 2.28. The molecule has 3 N–H and O–H groups in total. The molecular formula is C17H29ClN2O3. The largest absolute Gasteiger partial charge is 0.493 e. The fraction of sp³-hybridized carbons (Fsp3) is 0.588.